The molecule has 36 heavy (non-hydrogen) atoms. The van der Waals surface area contributed by atoms with E-state index in [9.17, 15) is 4.79 Å². The van der Waals surface area contributed by atoms with Crippen LogP contribution in [0.2, 0.25) is 0 Å². The van der Waals surface area contributed by atoms with Crippen LogP contribution < -0.4 is 4.90 Å². The molecule has 4 aromatic rings. The molecule has 1 amide bonds. The van der Waals surface area contributed by atoms with Crippen molar-refractivity contribution in [2.45, 2.75) is 46.1 Å². The molecule has 2 aliphatic heterocycles. The van der Waals surface area contributed by atoms with Gasteiger partial charge in [0.2, 0.25) is 0 Å². The van der Waals surface area contributed by atoms with Gasteiger partial charge in [0, 0.05) is 62.3 Å². The van der Waals surface area contributed by atoms with Gasteiger partial charge in [-0.2, -0.15) is 0 Å². The van der Waals surface area contributed by atoms with Crippen LogP contribution >= 0.6 is 0 Å². The minimum Gasteiger partial charge on any atom is -0.359 e. The van der Waals surface area contributed by atoms with E-state index in [1.807, 2.05) is 30.3 Å². The maximum atomic E-state index is 13.5. The number of carbonyl (C=O) groups is 1. The SMILES string of the molecule is Cc1c(C(=O)N2CCCCC2)nc(-c2cc3cc(N4CCN(C(C)C)CC4)ncc3[nH]2)c2[nH]ccc12. The van der Waals surface area contributed by atoms with E-state index in [0.717, 1.165) is 96.7 Å². The van der Waals surface area contributed by atoms with E-state index in [1.165, 1.54) is 6.42 Å². The number of hydrogen-bond acceptors (Lipinski definition) is 5. The fourth-order valence-electron chi connectivity index (χ4n) is 5.69. The molecule has 8 nitrogen and oxygen atoms in total. The van der Waals surface area contributed by atoms with Crippen molar-refractivity contribution in [3.8, 4) is 11.4 Å². The molecule has 0 saturated carbocycles. The maximum absolute atomic E-state index is 13.5. The third kappa shape index (κ3) is 4.03. The summed E-state index contributed by atoms with van der Waals surface area (Å²) in [5.74, 6) is 1.05. The van der Waals surface area contributed by atoms with Crippen LogP contribution in [0.4, 0.5) is 5.82 Å². The number of aryl methyl sites for hydroxylation is 1. The van der Waals surface area contributed by atoms with E-state index in [0.29, 0.717) is 11.7 Å². The second-order valence-electron chi connectivity index (χ2n) is 10.5. The van der Waals surface area contributed by atoms with E-state index in [-0.39, 0.29) is 5.91 Å². The molecule has 0 aromatic carbocycles. The van der Waals surface area contributed by atoms with E-state index in [2.05, 4.69) is 45.7 Å². The number of amides is 1. The van der Waals surface area contributed by atoms with Crippen molar-refractivity contribution in [2.24, 2.45) is 0 Å². The first-order valence-electron chi connectivity index (χ1n) is 13.2. The first kappa shape index (κ1) is 23.0. The first-order chi connectivity index (χ1) is 17.5. The second-order valence-corrected chi connectivity index (χ2v) is 10.5. The Labute approximate surface area is 211 Å². The molecule has 2 N–H and O–H groups in total. The van der Waals surface area contributed by atoms with Gasteiger partial charge in [-0.1, -0.05) is 0 Å². The number of anilines is 1. The zero-order valence-electron chi connectivity index (χ0n) is 21.5. The number of carbonyl (C=O) groups excluding carboxylic acids is 1. The monoisotopic (exact) mass is 485 g/mol. The number of piperazine rings is 1. The third-order valence-corrected chi connectivity index (χ3v) is 7.93. The highest BCUT2D eigenvalue weighted by atomic mass is 16.2. The highest BCUT2D eigenvalue weighted by Crippen LogP contribution is 2.32. The number of aromatic amines is 2. The summed E-state index contributed by atoms with van der Waals surface area (Å²) >= 11 is 0. The minimum absolute atomic E-state index is 0.0390. The Hall–Kier alpha value is -3.39. The summed E-state index contributed by atoms with van der Waals surface area (Å²) in [6.45, 7) is 12.2. The molecular formula is C28H35N7O. The number of fused-ring (bicyclic) bond motifs is 2. The summed E-state index contributed by atoms with van der Waals surface area (Å²) in [7, 11) is 0. The van der Waals surface area contributed by atoms with Gasteiger partial charge in [0.1, 0.15) is 17.2 Å². The molecule has 4 aromatic heterocycles. The molecule has 0 bridgehead atoms. The largest absolute Gasteiger partial charge is 0.359 e. The van der Waals surface area contributed by atoms with Gasteiger partial charge >= 0.3 is 0 Å². The van der Waals surface area contributed by atoms with Gasteiger partial charge in [0.05, 0.1) is 22.9 Å². The fourth-order valence-corrected chi connectivity index (χ4v) is 5.69. The zero-order chi connectivity index (χ0) is 24.8. The van der Waals surface area contributed by atoms with Crippen molar-refractivity contribution in [1.82, 2.24) is 29.7 Å². The van der Waals surface area contributed by atoms with Crippen LogP contribution in [0.15, 0.2) is 30.6 Å². The number of nitrogens with zero attached hydrogens (tertiary/aromatic N) is 5. The van der Waals surface area contributed by atoms with E-state index < -0.39 is 0 Å². The van der Waals surface area contributed by atoms with Crippen LogP contribution in [0, 0.1) is 6.92 Å². The van der Waals surface area contributed by atoms with Gasteiger partial charge in [-0.25, -0.2) is 9.97 Å². The van der Waals surface area contributed by atoms with Crippen molar-refractivity contribution >= 4 is 33.5 Å². The summed E-state index contributed by atoms with van der Waals surface area (Å²) in [6.07, 6.45) is 7.17. The predicted octanol–water partition coefficient (Wildman–Crippen LogP) is 4.57. The summed E-state index contributed by atoms with van der Waals surface area (Å²) in [5.41, 5.74) is 5.09. The molecule has 0 unspecified atom stereocenters. The minimum atomic E-state index is 0.0390. The van der Waals surface area contributed by atoms with Gasteiger partial charge in [-0.05, 0) is 63.8 Å². The number of nitrogens with one attached hydrogen (secondary N) is 2. The first-order valence-corrected chi connectivity index (χ1v) is 13.2. The zero-order valence-corrected chi connectivity index (χ0v) is 21.5. The molecule has 2 saturated heterocycles. The third-order valence-electron chi connectivity index (χ3n) is 7.93. The van der Waals surface area contributed by atoms with Crippen molar-refractivity contribution in [1.29, 1.82) is 0 Å². The fraction of sp³-hybridized carbons (Fsp3) is 0.464. The average Bonchev–Trinajstić information content (AvgIpc) is 3.57. The lowest BCUT2D eigenvalue weighted by atomic mass is 10.0. The molecule has 2 fully saturated rings. The molecule has 2 aliphatic rings. The molecule has 0 aliphatic carbocycles. The second kappa shape index (κ2) is 9.24. The highest BCUT2D eigenvalue weighted by Gasteiger charge is 2.25. The van der Waals surface area contributed by atoms with Crippen LogP contribution in [0.25, 0.3) is 33.2 Å². The maximum Gasteiger partial charge on any atom is 0.272 e. The number of hydrogen-bond donors (Lipinski definition) is 2. The average molecular weight is 486 g/mol. The molecule has 6 rings (SSSR count). The molecular weight excluding hydrogens is 450 g/mol. The Kier molecular flexibility index (Phi) is 5.91. The number of pyridine rings is 2. The molecule has 0 spiro atoms. The van der Waals surface area contributed by atoms with Gasteiger partial charge in [0.15, 0.2) is 0 Å². The number of H-pyrrole nitrogens is 2. The Balaban J connectivity index is 1.35. The van der Waals surface area contributed by atoms with E-state index >= 15 is 0 Å². The summed E-state index contributed by atoms with van der Waals surface area (Å²) in [6, 6.07) is 6.92. The predicted molar refractivity (Wildman–Crippen MR) is 145 cm³/mol. The van der Waals surface area contributed by atoms with Crippen LogP contribution in [0.5, 0.6) is 0 Å². The van der Waals surface area contributed by atoms with Gasteiger partial charge in [-0.3, -0.25) is 9.69 Å². The van der Waals surface area contributed by atoms with E-state index in [1.54, 1.807) is 0 Å². The van der Waals surface area contributed by atoms with Gasteiger partial charge < -0.3 is 19.8 Å². The lowest BCUT2D eigenvalue weighted by Crippen LogP contribution is -2.49. The Bertz CT molecular complexity index is 1400. The standard InChI is InChI=1S/C28H35N7O/c1-18(2)33-11-13-34(14-12-33)24-16-20-15-22(31-23(20)17-30-24)27-26-21(7-8-29-26)19(3)25(32-27)28(36)35-9-5-4-6-10-35/h7-8,15-18,29,31H,4-6,9-14H2,1-3H3. The molecule has 0 radical (unpaired) electrons. The lowest BCUT2D eigenvalue weighted by molar-refractivity contribution is 0.0718. The smallest absolute Gasteiger partial charge is 0.272 e. The number of likely N-dealkylation sites (tertiary alicyclic amines) is 1. The number of aromatic nitrogens is 4. The molecule has 0 atom stereocenters. The van der Waals surface area contributed by atoms with Crippen LogP contribution in [-0.2, 0) is 0 Å². The number of rotatable bonds is 4. The van der Waals surface area contributed by atoms with Crippen LogP contribution in [-0.4, -0.2) is 81.0 Å². The Morgan fingerprint density at radius 1 is 1.03 bits per heavy atom. The summed E-state index contributed by atoms with van der Waals surface area (Å²) < 4.78 is 0. The summed E-state index contributed by atoms with van der Waals surface area (Å²) in [5, 5.41) is 2.15. The molecule has 188 valence electrons. The Morgan fingerprint density at radius 3 is 2.56 bits per heavy atom. The molecule has 6 heterocycles. The van der Waals surface area contributed by atoms with E-state index in [4.69, 9.17) is 9.97 Å². The van der Waals surface area contributed by atoms with Crippen molar-refractivity contribution in [3.05, 3.63) is 41.9 Å². The van der Waals surface area contributed by atoms with Crippen LogP contribution in [0.1, 0.15) is 49.2 Å². The van der Waals surface area contributed by atoms with Gasteiger partial charge in [0.25, 0.3) is 5.91 Å². The summed E-state index contributed by atoms with van der Waals surface area (Å²) in [4.78, 5) is 36.9. The topological polar surface area (TPSA) is 84.2 Å². The van der Waals surface area contributed by atoms with Crippen LogP contribution in [0.3, 0.4) is 0 Å². The molecule has 8 heteroatoms. The normalized spacial score (nSPS) is 17.6. The lowest BCUT2D eigenvalue weighted by Gasteiger charge is -2.37. The highest BCUT2D eigenvalue weighted by molar-refractivity contribution is 6.03. The van der Waals surface area contributed by atoms with Crippen molar-refractivity contribution in [3.63, 3.8) is 0 Å². The van der Waals surface area contributed by atoms with Crippen molar-refractivity contribution < 1.29 is 4.79 Å². The van der Waals surface area contributed by atoms with Gasteiger partial charge in [-0.15, -0.1) is 0 Å². The quantitative estimate of drug-likeness (QED) is 0.442. The number of piperidine rings is 1. The van der Waals surface area contributed by atoms with Crippen molar-refractivity contribution in [2.75, 3.05) is 44.2 Å². The Morgan fingerprint density at radius 2 is 1.81 bits per heavy atom.